The van der Waals surface area contributed by atoms with Crippen molar-refractivity contribution in [2.45, 2.75) is 10.9 Å². The van der Waals surface area contributed by atoms with Crippen LogP contribution in [-0.2, 0) is 5.75 Å². The molecular weight excluding hydrogens is 246 g/mol. The molecule has 2 rings (SSSR count). The Morgan fingerprint density at radius 2 is 2.19 bits per heavy atom. The third-order valence-electron chi connectivity index (χ3n) is 1.85. The van der Waals surface area contributed by atoms with Gasteiger partial charge < -0.3 is 4.98 Å². The monoisotopic (exact) mass is 253 g/mol. The molecule has 0 saturated heterocycles. The second-order valence-electron chi connectivity index (χ2n) is 2.98. The largest absolute Gasteiger partial charge is 0.301 e. The lowest BCUT2D eigenvalue weighted by Gasteiger charge is -2.01. The first-order chi connectivity index (χ1) is 7.75. The van der Waals surface area contributed by atoms with Gasteiger partial charge in [-0.05, 0) is 11.6 Å². The predicted octanol–water partition coefficient (Wildman–Crippen LogP) is 2.11. The summed E-state index contributed by atoms with van der Waals surface area (Å²) in [6.45, 7) is 0. The van der Waals surface area contributed by atoms with Crippen molar-refractivity contribution in [1.29, 1.82) is 0 Å². The number of pyridine rings is 1. The zero-order valence-corrected chi connectivity index (χ0v) is 9.76. The highest BCUT2D eigenvalue weighted by Crippen LogP contribution is 2.21. The molecule has 0 aliphatic rings. The SMILES string of the molecule is O=c1ccnc(SCc2cccnc2Cl)[nH]1. The van der Waals surface area contributed by atoms with E-state index in [0.717, 1.165) is 5.56 Å². The Labute approximate surface area is 101 Å². The molecule has 0 radical (unpaired) electrons. The van der Waals surface area contributed by atoms with Crippen molar-refractivity contribution in [3.05, 3.63) is 51.7 Å². The first kappa shape index (κ1) is 11.2. The number of hydrogen-bond acceptors (Lipinski definition) is 4. The summed E-state index contributed by atoms with van der Waals surface area (Å²) >= 11 is 7.32. The maximum atomic E-state index is 11.0. The summed E-state index contributed by atoms with van der Waals surface area (Å²) in [6, 6.07) is 5.09. The number of hydrogen-bond donors (Lipinski definition) is 1. The van der Waals surface area contributed by atoms with Gasteiger partial charge in [0.1, 0.15) is 5.15 Å². The Morgan fingerprint density at radius 1 is 1.31 bits per heavy atom. The molecule has 0 spiro atoms. The van der Waals surface area contributed by atoms with Gasteiger partial charge in [0.05, 0.1) is 0 Å². The van der Waals surface area contributed by atoms with E-state index in [-0.39, 0.29) is 5.56 Å². The summed E-state index contributed by atoms with van der Waals surface area (Å²) in [6.07, 6.45) is 3.12. The normalized spacial score (nSPS) is 10.3. The molecule has 16 heavy (non-hydrogen) atoms. The zero-order chi connectivity index (χ0) is 11.4. The molecule has 0 unspecified atom stereocenters. The number of thioether (sulfide) groups is 1. The summed E-state index contributed by atoms with van der Waals surface area (Å²) in [5, 5.41) is 1.06. The van der Waals surface area contributed by atoms with Gasteiger partial charge in [-0.2, -0.15) is 0 Å². The van der Waals surface area contributed by atoms with Gasteiger partial charge in [0.2, 0.25) is 0 Å². The van der Waals surface area contributed by atoms with E-state index in [0.29, 0.717) is 16.1 Å². The second-order valence-corrected chi connectivity index (χ2v) is 4.30. The van der Waals surface area contributed by atoms with Gasteiger partial charge in [0.25, 0.3) is 5.56 Å². The number of aromatic amines is 1. The topological polar surface area (TPSA) is 58.6 Å². The summed E-state index contributed by atoms with van der Waals surface area (Å²) in [5.74, 6) is 0.625. The Bertz CT molecular complexity index is 543. The second kappa shape index (κ2) is 5.14. The first-order valence-electron chi connectivity index (χ1n) is 4.53. The first-order valence-corrected chi connectivity index (χ1v) is 5.89. The Morgan fingerprint density at radius 3 is 2.94 bits per heavy atom. The average molecular weight is 254 g/mol. The molecule has 0 fully saturated rings. The number of H-pyrrole nitrogens is 1. The van der Waals surface area contributed by atoms with Gasteiger partial charge in [0.15, 0.2) is 5.16 Å². The van der Waals surface area contributed by atoms with E-state index in [1.807, 2.05) is 12.1 Å². The van der Waals surface area contributed by atoms with Crippen LogP contribution in [0.4, 0.5) is 0 Å². The third-order valence-corrected chi connectivity index (χ3v) is 3.13. The molecule has 0 aliphatic carbocycles. The lowest BCUT2D eigenvalue weighted by atomic mass is 10.3. The Hall–Kier alpha value is -1.33. The van der Waals surface area contributed by atoms with E-state index >= 15 is 0 Å². The number of rotatable bonds is 3. The number of nitrogens with one attached hydrogen (secondary N) is 1. The maximum Gasteiger partial charge on any atom is 0.251 e. The van der Waals surface area contributed by atoms with Gasteiger partial charge >= 0.3 is 0 Å². The average Bonchev–Trinajstić information content (AvgIpc) is 2.28. The van der Waals surface area contributed by atoms with Crippen LogP contribution in [0.5, 0.6) is 0 Å². The standard InChI is InChI=1S/C10H8ClN3OS/c11-9-7(2-1-4-12-9)6-16-10-13-5-3-8(15)14-10/h1-5H,6H2,(H,13,14,15). The van der Waals surface area contributed by atoms with Crippen molar-refractivity contribution in [3.8, 4) is 0 Å². The van der Waals surface area contributed by atoms with Crippen LogP contribution in [0.25, 0.3) is 0 Å². The van der Waals surface area contributed by atoms with Crippen molar-refractivity contribution in [1.82, 2.24) is 15.0 Å². The molecule has 6 heteroatoms. The van der Waals surface area contributed by atoms with E-state index in [9.17, 15) is 4.79 Å². The van der Waals surface area contributed by atoms with E-state index in [1.165, 1.54) is 24.0 Å². The smallest absolute Gasteiger partial charge is 0.251 e. The maximum absolute atomic E-state index is 11.0. The van der Waals surface area contributed by atoms with Gasteiger partial charge in [0, 0.05) is 24.2 Å². The van der Waals surface area contributed by atoms with Crippen LogP contribution in [-0.4, -0.2) is 15.0 Å². The molecule has 2 heterocycles. The van der Waals surface area contributed by atoms with Crippen LogP contribution in [0, 0.1) is 0 Å². The third kappa shape index (κ3) is 2.84. The van der Waals surface area contributed by atoms with Crippen LogP contribution < -0.4 is 5.56 Å². The van der Waals surface area contributed by atoms with E-state index in [2.05, 4.69) is 15.0 Å². The molecule has 4 nitrogen and oxygen atoms in total. The number of nitrogens with zero attached hydrogens (tertiary/aromatic N) is 2. The lowest BCUT2D eigenvalue weighted by molar-refractivity contribution is 0.936. The fourth-order valence-corrected chi connectivity index (χ4v) is 2.20. The van der Waals surface area contributed by atoms with Crippen LogP contribution in [0.15, 0.2) is 40.5 Å². The fraction of sp³-hybridized carbons (Fsp3) is 0.100. The minimum absolute atomic E-state index is 0.158. The summed E-state index contributed by atoms with van der Waals surface area (Å²) in [7, 11) is 0. The van der Waals surface area contributed by atoms with Crippen molar-refractivity contribution >= 4 is 23.4 Å². The highest BCUT2D eigenvalue weighted by Gasteiger charge is 2.02. The summed E-state index contributed by atoms with van der Waals surface area (Å²) in [5.41, 5.74) is 0.760. The van der Waals surface area contributed by atoms with Crippen molar-refractivity contribution < 1.29 is 0 Å². The van der Waals surface area contributed by atoms with E-state index < -0.39 is 0 Å². The Balaban J connectivity index is 2.08. The fourth-order valence-electron chi connectivity index (χ4n) is 1.10. The molecule has 0 aliphatic heterocycles. The lowest BCUT2D eigenvalue weighted by Crippen LogP contribution is -2.05. The highest BCUT2D eigenvalue weighted by atomic mass is 35.5. The molecule has 0 atom stereocenters. The molecule has 0 saturated carbocycles. The minimum atomic E-state index is -0.158. The summed E-state index contributed by atoms with van der Waals surface area (Å²) < 4.78 is 0. The van der Waals surface area contributed by atoms with E-state index in [4.69, 9.17) is 11.6 Å². The van der Waals surface area contributed by atoms with Crippen LogP contribution in [0.3, 0.4) is 0 Å². The molecular formula is C10H8ClN3OS. The quantitative estimate of drug-likeness (QED) is 0.517. The van der Waals surface area contributed by atoms with E-state index in [1.54, 1.807) is 6.20 Å². The molecule has 82 valence electrons. The van der Waals surface area contributed by atoms with Gasteiger partial charge in [-0.25, -0.2) is 9.97 Å². The zero-order valence-electron chi connectivity index (χ0n) is 8.18. The van der Waals surface area contributed by atoms with Crippen LogP contribution in [0.2, 0.25) is 5.15 Å². The molecule has 2 aromatic heterocycles. The predicted molar refractivity (Wildman–Crippen MR) is 63.7 cm³/mol. The van der Waals surface area contributed by atoms with Crippen molar-refractivity contribution in [3.63, 3.8) is 0 Å². The number of halogens is 1. The van der Waals surface area contributed by atoms with Crippen LogP contribution in [0.1, 0.15) is 5.56 Å². The highest BCUT2D eigenvalue weighted by molar-refractivity contribution is 7.98. The van der Waals surface area contributed by atoms with Crippen molar-refractivity contribution in [2.24, 2.45) is 0 Å². The Kier molecular flexibility index (Phi) is 3.58. The van der Waals surface area contributed by atoms with Crippen molar-refractivity contribution in [2.75, 3.05) is 0 Å². The number of aromatic nitrogens is 3. The molecule has 0 amide bonds. The van der Waals surface area contributed by atoms with Gasteiger partial charge in [-0.1, -0.05) is 29.4 Å². The minimum Gasteiger partial charge on any atom is -0.301 e. The molecule has 0 aromatic carbocycles. The summed E-state index contributed by atoms with van der Waals surface area (Å²) in [4.78, 5) is 21.6. The molecule has 2 aromatic rings. The van der Waals surface area contributed by atoms with Crippen LogP contribution >= 0.6 is 23.4 Å². The van der Waals surface area contributed by atoms with Gasteiger partial charge in [-0.3, -0.25) is 4.79 Å². The molecule has 0 bridgehead atoms. The molecule has 1 N–H and O–H groups in total. The van der Waals surface area contributed by atoms with Gasteiger partial charge in [-0.15, -0.1) is 0 Å².